The van der Waals surface area contributed by atoms with Crippen molar-refractivity contribution in [3.05, 3.63) is 48.0 Å². The highest BCUT2D eigenvalue weighted by Crippen LogP contribution is 2.15. The minimum atomic E-state index is -0.385. The summed E-state index contributed by atoms with van der Waals surface area (Å²) in [5, 5.41) is 14.0. The summed E-state index contributed by atoms with van der Waals surface area (Å²) in [6, 6.07) is 13.0. The monoisotopic (exact) mass is 259 g/mol. The second kappa shape index (κ2) is 6.31. The van der Waals surface area contributed by atoms with Crippen LogP contribution in [0.5, 0.6) is 0 Å². The third kappa shape index (κ3) is 3.30. The Balaban J connectivity index is 2.16. The van der Waals surface area contributed by atoms with Crippen molar-refractivity contribution in [2.75, 3.05) is 20.3 Å². The number of hydrogen-bond donors (Lipinski definition) is 2. The lowest BCUT2D eigenvalue weighted by Crippen LogP contribution is -2.40. The zero-order chi connectivity index (χ0) is 13.7. The van der Waals surface area contributed by atoms with E-state index in [1.54, 1.807) is 6.07 Å². The number of amides is 1. The van der Waals surface area contributed by atoms with E-state index in [0.717, 1.165) is 10.8 Å². The molecule has 1 unspecified atom stereocenters. The zero-order valence-corrected chi connectivity index (χ0v) is 10.8. The number of methoxy groups -OCH3 is 1. The van der Waals surface area contributed by atoms with Crippen LogP contribution in [0.4, 0.5) is 0 Å². The second-order valence-electron chi connectivity index (χ2n) is 4.37. The molecule has 0 aliphatic rings. The van der Waals surface area contributed by atoms with Gasteiger partial charge < -0.3 is 15.2 Å². The van der Waals surface area contributed by atoms with Gasteiger partial charge in [0, 0.05) is 12.7 Å². The summed E-state index contributed by atoms with van der Waals surface area (Å²) in [6.07, 6.45) is 0. The normalized spacial score (nSPS) is 12.3. The van der Waals surface area contributed by atoms with Crippen LogP contribution >= 0.6 is 0 Å². The molecule has 0 bridgehead atoms. The van der Waals surface area contributed by atoms with Crippen molar-refractivity contribution in [2.24, 2.45) is 0 Å². The van der Waals surface area contributed by atoms with Gasteiger partial charge in [0.2, 0.25) is 0 Å². The Labute approximate surface area is 112 Å². The number of benzene rings is 2. The average Bonchev–Trinajstić information content (AvgIpc) is 2.46. The highest BCUT2D eigenvalue weighted by atomic mass is 16.5. The van der Waals surface area contributed by atoms with E-state index in [4.69, 9.17) is 9.84 Å². The van der Waals surface area contributed by atoms with Gasteiger partial charge >= 0.3 is 0 Å². The molecule has 2 aromatic carbocycles. The van der Waals surface area contributed by atoms with E-state index < -0.39 is 0 Å². The molecule has 0 aliphatic carbocycles. The number of carbonyl (C=O) groups is 1. The average molecular weight is 259 g/mol. The lowest BCUT2D eigenvalue weighted by molar-refractivity contribution is 0.0840. The van der Waals surface area contributed by atoms with Crippen molar-refractivity contribution in [1.82, 2.24) is 5.32 Å². The smallest absolute Gasteiger partial charge is 0.251 e. The van der Waals surface area contributed by atoms with Crippen molar-refractivity contribution >= 4 is 16.7 Å². The Hall–Kier alpha value is -1.91. The van der Waals surface area contributed by atoms with E-state index in [1.807, 2.05) is 36.4 Å². The summed E-state index contributed by atoms with van der Waals surface area (Å²) < 4.78 is 4.93. The Kier molecular flexibility index (Phi) is 4.49. The fourth-order valence-electron chi connectivity index (χ4n) is 1.94. The molecule has 0 saturated carbocycles. The molecule has 19 heavy (non-hydrogen) atoms. The Morgan fingerprint density at radius 2 is 2.00 bits per heavy atom. The van der Waals surface area contributed by atoms with Gasteiger partial charge in [0.05, 0.1) is 19.3 Å². The third-order valence-electron chi connectivity index (χ3n) is 2.94. The predicted molar refractivity (Wildman–Crippen MR) is 74.2 cm³/mol. The van der Waals surface area contributed by atoms with Crippen LogP contribution in [0.25, 0.3) is 10.8 Å². The van der Waals surface area contributed by atoms with Gasteiger partial charge in [-0.3, -0.25) is 4.79 Å². The minimum Gasteiger partial charge on any atom is -0.394 e. The molecule has 1 atom stereocenters. The number of carbonyl (C=O) groups excluding carboxylic acids is 1. The number of hydrogen-bond acceptors (Lipinski definition) is 3. The van der Waals surface area contributed by atoms with Crippen LogP contribution in [0.2, 0.25) is 0 Å². The molecule has 2 N–H and O–H groups in total. The van der Waals surface area contributed by atoms with E-state index in [1.165, 1.54) is 7.11 Å². The van der Waals surface area contributed by atoms with Gasteiger partial charge in [0.15, 0.2) is 0 Å². The van der Waals surface area contributed by atoms with E-state index in [0.29, 0.717) is 5.56 Å². The summed E-state index contributed by atoms with van der Waals surface area (Å²) in [6.45, 7) is 0.142. The van der Waals surface area contributed by atoms with Crippen LogP contribution in [0, 0.1) is 0 Å². The molecule has 0 aliphatic heterocycles. The van der Waals surface area contributed by atoms with E-state index >= 15 is 0 Å². The number of aliphatic hydroxyl groups is 1. The van der Waals surface area contributed by atoms with E-state index in [9.17, 15) is 4.79 Å². The second-order valence-corrected chi connectivity index (χ2v) is 4.37. The van der Waals surface area contributed by atoms with Gasteiger partial charge in [0.25, 0.3) is 5.91 Å². The largest absolute Gasteiger partial charge is 0.394 e. The molecule has 0 radical (unpaired) electrons. The van der Waals surface area contributed by atoms with Crippen molar-refractivity contribution in [1.29, 1.82) is 0 Å². The summed E-state index contributed by atoms with van der Waals surface area (Å²) in [5.41, 5.74) is 0.577. The van der Waals surface area contributed by atoms with Crippen molar-refractivity contribution in [3.63, 3.8) is 0 Å². The lowest BCUT2D eigenvalue weighted by atomic mass is 10.1. The molecule has 0 saturated heterocycles. The van der Waals surface area contributed by atoms with Crippen LogP contribution in [0.1, 0.15) is 10.4 Å². The van der Waals surface area contributed by atoms with Crippen LogP contribution in [0.15, 0.2) is 42.5 Å². The molecule has 0 aromatic heterocycles. The standard InChI is InChI=1S/C15H17NO3/c1-19-10-14(9-17)16-15(18)13-7-6-11-4-2-3-5-12(11)8-13/h2-8,14,17H,9-10H2,1H3,(H,16,18). The number of ether oxygens (including phenoxy) is 1. The molecular formula is C15H17NO3. The molecule has 0 fully saturated rings. The molecule has 2 rings (SSSR count). The van der Waals surface area contributed by atoms with Gasteiger partial charge in [0.1, 0.15) is 0 Å². The van der Waals surface area contributed by atoms with Gasteiger partial charge in [-0.2, -0.15) is 0 Å². The first-order chi connectivity index (χ1) is 9.24. The maximum absolute atomic E-state index is 12.1. The van der Waals surface area contributed by atoms with Crippen LogP contribution in [-0.2, 0) is 4.74 Å². The lowest BCUT2D eigenvalue weighted by Gasteiger charge is -2.15. The SMILES string of the molecule is COCC(CO)NC(=O)c1ccc2ccccc2c1. The first-order valence-corrected chi connectivity index (χ1v) is 6.14. The molecule has 0 heterocycles. The van der Waals surface area contributed by atoms with Gasteiger partial charge in [-0.05, 0) is 22.9 Å². The first-order valence-electron chi connectivity index (χ1n) is 6.14. The Morgan fingerprint density at radius 1 is 1.26 bits per heavy atom. The molecule has 100 valence electrons. The van der Waals surface area contributed by atoms with Crippen LogP contribution < -0.4 is 5.32 Å². The van der Waals surface area contributed by atoms with Gasteiger partial charge in [-0.1, -0.05) is 30.3 Å². The van der Waals surface area contributed by atoms with Gasteiger partial charge in [-0.25, -0.2) is 0 Å². The molecule has 4 heteroatoms. The molecule has 0 spiro atoms. The van der Waals surface area contributed by atoms with Crippen LogP contribution in [0.3, 0.4) is 0 Å². The molecule has 1 amide bonds. The fraction of sp³-hybridized carbons (Fsp3) is 0.267. The predicted octanol–water partition coefficient (Wildman–Crippen LogP) is 1.58. The summed E-state index contributed by atoms with van der Waals surface area (Å²) in [5.74, 6) is -0.207. The van der Waals surface area contributed by atoms with Gasteiger partial charge in [-0.15, -0.1) is 0 Å². The Morgan fingerprint density at radius 3 is 2.68 bits per heavy atom. The molecular weight excluding hydrogens is 242 g/mol. The zero-order valence-electron chi connectivity index (χ0n) is 10.8. The van der Waals surface area contributed by atoms with Crippen molar-refractivity contribution in [2.45, 2.75) is 6.04 Å². The number of aliphatic hydroxyl groups excluding tert-OH is 1. The number of nitrogens with one attached hydrogen (secondary N) is 1. The highest BCUT2D eigenvalue weighted by molar-refractivity contribution is 5.98. The number of fused-ring (bicyclic) bond motifs is 1. The maximum Gasteiger partial charge on any atom is 0.251 e. The third-order valence-corrected chi connectivity index (χ3v) is 2.94. The summed E-state index contributed by atoms with van der Waals surface area (Å²) >= 11 is 0. The van der Waals surface area contributed by atoms with E-state index in [2.05, 4.69) is 5.32 Å². The summed E-state index contributed by atoms with van der Waals surface area (Å²) in [4.78, 5) is 12.1. The quantitative estimate of drug-likeness (QED) is 0.857. The number of rotatable bonds is 5. The minimum absolute atomic E-state index is 0.146. The Bertz CT molecular complexity index is 568. The van der Waals surface area contributed by atoms with Crippen LogP contribution in [-0.4, -0.2) is 37.4 Å². The fourth-order valence-corrected chi connectivity index (χ4v) is 1.94. The summed E-state index contributed by atoms with van der Waals surface area (Å²) in [7, 11) is 1.53. The topological polar surface area (TPSA) is 58.6 Å². The first kappa shape index (κ1) is 13.5. The maximum atomic E-state index is 12.1. The highest BCUT2D eigenvalue weighted by Gasteiger charge is 2.12. The molecule has 4 nitrogen and oxygen atoms in total. The van der Waals surface area contributed by atoms with E-state index in [-0.39, 0.29) is 25.2 Å². The van der Waals surface area contributed by atoms with Crippen molar-refractivity contribution < 1.29 is 14.6 Å². The molecule has 2 aromatic rings. The van der Waals surface area contributed by atoms with Crippen molar-refractivity contribution in [3.8, 4) is 0 Å².